The molecule has 0 aliphatic rings. The fraction of sp³-hybridized carbons (Fsp3) is 0.222. The summed E-state index contributed by atoms with van der Waals surface area (Å²) in [6, 6.07) is 8.23. The number of furan rings is 1. The highest BCUT2D eigenvalue weighted by Crippen LogP contribution is 2.21. The van der Waals surface area contributed by atoms with Crippen LogP contribution in [-0.4, -0.2) is 23.4 Å². The number of anilines is 1. The molecule has 0 aliphatic carbocycles. The maximum Gasteiger partial charge on any atom is 0.433 e. The normalized spacial score (nSPS) is 10.7. The molecule has 2 rings (SSSR count). The quantitative estimate of drug-likeness (QED) is 0.352. The zero-order valence-corrected chi connectivity index (χ0v) is 14.4. The van der Waals surface area contributed by atoms with E-state index >= 15 is 0 Å². The smallest absolute Gasteiger partial charge is 0.433 e. The molecule has 0 fully saturated rings. The fourth-order valence-corrected chi connectivity index (χ4v) is 2.24. The van der Waals surface area contributed by atoms with Crippen LogP contribution in [-0.2, 0) is 20.7 Å². The minimum atomic E-state index is -0.764. The number of nitrogens with zero attached hydrogens (tertiary/aromatic N) is 1. The first kappa shape index (κ1) is 18.9. The van der Waals surface area contributed by atoms with Crippen LogP contribution in [0.4, 0.5) is 11.6 Å². The maximum absolute atomic E-state index is 12.0. The number of nitro groups is 1. The summed E-state index contributed by atoms with van der Waals surface area (Å²) in [6.07, 6.45) is 3.01. The molecule has 136 valence electrons. The van der Waals surface area contributed by atoms with E-state index in [0.29, 0.717) is 0 Å². The molecule has 0 saturated carbocycles. The molecular formula is C18H18N2O6. The molecule has 0 unspecified atom stereocenters. The summed E-state index contributed by atoms with van der Waals surface area (Å²) < 4.78 is 9.72. The fourth-order valence-electron chi connectivity index (χ4n) is 2.24. The van der Waals surface area contributed by atoms with Gasteiger partial charge in [0.05, 0.1) is 6.07 Å². The van der Waals surface area contributed by atoms with Crippen molar-refractivity contribution in [1.82, 2.24) is 0 Å². The number of rotatable bonds is 7. The topological polar surface area (TPSA) is 112 Å². The molecule has 8 nitrogen and oxygen atoms in total. The van der Waals surface area contributed by atoms with Gasteiger partial charge in [0.25, 0.3) is 5.91 Å². The Kier molecular flexibility index (Phi) is 6.26. The monoisotopic (exact) mass is 358 g/mol. The maximum atomic E-state index is 12.0. The van der Waals surface area contributed by atoms with Gasteiger partial charge < -0.3 is 14.5 Å². The second kappa shape index (κ2) is 8.61. The summed E-state index contributed by atoms with van der Waals surface area (Å²) in [7, 11) is 0. The van der Waals surface area contributed by atoms with E-state index in [1.54, 1.807) is 0 Å². The first-order chi connectivity index (χ1) is 12.4. The van der Waals surface area contributed by atoms with Crippen molar-refractivity contribution in [3.63, 3.8) is 0 Å². The number of para-hydroxylation sites is 1. The number of carbonyl (C=O) groups is 2. The van der Waals surface area contributed by atoms with E-state index in [-0.39, 0.29) is 5.76 Å². The van der Waals surface area contributed by atoms with Gasteiger partial charge in [-0.25, -0.2) is 4.79 Å². The van der Waals surface area contributed by atoms with Gasteiger partial charge in [0.2, 0.25) is 0 Å². The predicted molar refractivity (Wildman–Crippen MR) is 94.5 cm³/mol. The molecule has 1 aromatic heterocycles. The van der Waals surface area contributed by atoms with Crippen molar-refractivity contribution in [3.05, 3.63) is 63.4 Å². The van der Waals surface area contributed by atoms with Crippen molar-refractivity contribution in [2.24, 2.45) is 0 Å². The number of aryl methyl sites for hydroxylation is 2. The lowest BCUT2D eigenvalue weighted by atomic mass is 10.1. The predicted octanol–water partition coefficient (Wildman–Crippen LogP) is 3.25. The third-order valence-corrected chi connectivity index (χ3v) is 3.53. The number of hydrogen-bond acceptors (Lipinski definition) is 6. The Hall–Kier alpha value is -3.42. The summed E-state index contributed by atoms with van der Waals surface area (Å²) in [4.78, 5) is 33.4. The zero-order valence-electron chi connectivity index (χ0n) is 14.4. The Bertz CT molecular complexity index is 853. The van der Waals surface area contributed by atoms with E-state index in [9.17, 15) is 19.7 Å². The summed E-state index contributed by atoms with van der Waals surface area (Å²) in [5.74, 6) is -1.52. The highest BCUT2D eigenvalue weighted by molar-refractivity contribution is 5.95. The van der Waals surface area contributed by atoms with Gasteiger partial charge >= 0.3 is 11.9 Å². The van der Waals surface area contributed by atoms with Crippen molar-refractivity contribution >= 4 is 29.5 Å². The standard InChI is InChI=1S/C18H18N2O6/c1-3-13-6-4-5-12(2)18(13)19-15(21)11-25-17(22)10-8-14-7-9-16(26-14)20(23)24/h4-10H,3,11H2,1-2H3,(H,19,21)/b10-8+. The van der Waals surface area contributed by atoms with Gasteiger partial charge in [0.15, 0.2) is 6.61 Å². The van der Waals surface area contributed by atoms with Crippen LogP contribution in [0.5, 0.6) is 0 Å². The average Bonchev–Trinajstić information content (AvgIpc) is 3.09. The molecule has 1 aromatic carbocycles. The molecule has 0 spiro atoms. The molecule has 1 amide bonds. The Morgan fingerprint density at radius 3 is 2.73 bits per heavy atom. The summed E-state index contributed by atoms with van der Waals surface area (Å²) >= 11 is 0. The van der Waals surface area contributed by atoms with Gasteiger partial charge in [-0.1, -0.05) is 25.1 Å². The minimum absolute atomic E-state index is 0.130. The largest absolute Gasteiger partial charge is 0.452 e. The van der Waals surface area contributed by atoms with Crippen molar-refractivity contribution < 1.29 is 23.7 Å². The number of benzene rings is 1. The highest BCUT2D eigenvalue weighted by Gasteiger charge is 2.12. The average molecular weight is 358 g/mol. The number of esters is 1. The SMILES string of the molecule is CCc1cccc(C)c1NC(=O)COC(=O)/C=C/c1ccc([N+](=O)[O-])o1. The molecule has 0 bridgehead atoms. The molecule has 0 atom stereocenters. The number of hydrogen-bond donors (Lipinski definition) is 1. The van der Waals surface area contributed by atoms with Crippen LogP contribution in [0, 0.1) is 17.0 Å². The second-order valence-corrected chi connectivity index (χ2v) is 5.38. The molecule has 0 radical (unpaired) electrons. The Balaban J connectivity index is 1.88. The second-order valence-electron chi connectivity index (χ2n) is 5.38. The van der Waals surface area contributed by atoms with Gasteiger partial charge in [-0.05, 0) is 36.6 Å². The van der Waals surface area contributed by atoms with Crippen molar-refractivity contribution in [2.75, 3.05) is 11.9 Å². The zero-order chi connectivity index (χ0) is 19.1. The summed E-state index contributed by atoms with van der Waals surface area (Å²) in [5.41, 5.74) is 2.63. The molecule has 0 saturated heterocycles. The van der Waals surface area contributed by atoms with E-state index in [2.05, 4.69) is 5.32 Å². The van der Waals surface area contributed by atoms with Crippen LogP contribution < -0.4 is 5.32 Å². The third kappa shape index (κ3) is 5.04. The lowest BCUT2D eigenvalue weighted by Gasteiger charge is -2.12. The van der Waals surface area contributed by atoms with Crippen LogP contribution in [0.2, 0.25) is 0 Å². The Labute approximate surface area is 149 Å². The van der Waals surface area contributed by atoms with Gasteiger partial charge in [-0.2, -0.15) is 0 Å². The van der Waals surface area contributed by atoms with Crippen LogP contribution in [0.3, 0.4) is 0 Å². The van der Waals surface area contributed by atoms with Crippen molar-refractivity contribution in [3.8, 4) is 0 Å². The molecule has 2 aromatic rings. The van der Waals surface area contributed by atoms with E-state index in [0.717, 1.165) is 29.3 Å². The molecular weight excluding hydrogens is 340 g/mol. The van der Waals surface area contributed by atoms with Crippen LogP contribution >= 0.6 is 0 Å². The summed E-state index contributed by atoms with van der Waals surface area (Å²) in [6.45, 7) is 3.42. The first-order valence-electron chi connectivity index (χ1n) is 7.88. The van der Waals surface area contributed by atoms with E-state index < -0.39 is 29.3 Å². The van der Waals surface area contributed by atoms with Gasteiger partial charge in [0, 0.05) is 11.8 Å². The van der Waals surface area contributed by atoms with Gasteiger partial charge in [0.1, 0.15) is 10.7 Å². The number of amides is 1. The third-order valence-electron chi connectivity index (χ3n) is 3.53. The lowest BCUT2D eigenvalue weighted by Crippen LogP contribution is -2.21. The van der Waals surface area contributed by atoms with E-state index in [1.165, 1.54) is 18.2 Å². The van der Waals surface area contributed by atoms with E-state index in [1.807, 2.05) is 32.0 Å². The molecule has 0 aliphatic heterocycles. The van der Waals surface area contributed by atoms with Crippen LogP contribution in [0.25, 0.3) is 6.08 Å². The lowest BCUT2D eigenvalue weighted by molar-refractivity contribution is -0.402. The van der Waals surface area contributed by atoms with Gasteiger partial charge in [-0.15, -0.1) is 0 Å². The highest BCUT2D eigenvalue weighted by atomic mass is 16.6. The van der Waals surface area contributed by atoms with Crippen LogP contribution in [0.15, 0.2) is 40.8 Å². The Morgan fingerprint density at radius 2 is 2.08 bits per heavy atom. The molecule has 1 heterocycles. The van der Waals surface area contributed by atoms with Crippen LogP contribution in [0.1, 0.15) is 23.8 Å². The Morgan fingerprint density at radius 1 is 1.31 bits per heavy atom. The molecule has 26 heavy (non-hydrogen) atoms. The minimum Gasteiger partial charge on any atom is -0.452 e. The number of nitrogens with one attached hydrogen (secondary N) is 1. The van der Waals surface area contributed by atoms with Crippen molar-refractivity contribution in [2.45, 2.75) is 20.3 Å². The van der Waals surface area contributed by atoms with Crippen molar-refractivity contribution in [1.29, 1.82) is 0 Å². The number of ether oxygens (including phenoxy) is 1. The first-order valence-corrected chi connectivity index (χ1v) is 7.88. The summed E-state index contributed by atoms with van der Waals surface area (Å²) in [5, 5.41) is 13.2. The van der Waals surface area contributed by atoms with Gasteiger partial charge in [-0.3, -0.25) is 14.9 Å². The number of carbonyl (C=O) groups excluding carboxylic acids is 2. The molecule has 8 heteroatoms. The van der Waals surface area contributed by atoms with E-state index in [4.69, 9.17) is 9.15 Å². The molecule has 1 N–H and O–H groups in total.